The summed E-state index contributed by atoms with van der Waals surface area (Å²) < 4.78 is 0. The van der Waals surface area contributed by atoms with Crippen molar-refractivity contribution in [2.45, 2.75) is 47.0 Å². The normalized spacial score (nSPS) is 10.8. The fourth-order valence-electron chi connectivity index (χ4n) is 1.81. The topological polar surface area (TPSA) is 32.3 Å². The predicted octanol–water partition coefficient (Wildman–Crippen LogP) is 2.27. The monoisotopic (exact) mass is 228 g/mol. The van der Waals surface area contributed by atoms with Gasteiger partial charge in [-0.1, -0.05) is 26.7 Å². The summed E-state index contributed by atoms with van der Waals surface area (Å²) in [4.78, 5) is 13.6. The van der Waals surface area contributed by atoms with E-state index >= 15 is 0 Å². The summed E-state index contributed by atoms with van der Waals surface area (Å²) in [7, 11) is 0. The first-order valence-corrected chi connectivity index (χ1v) is 6.67. The highest BCUT2D eigenvalue weighted by molar-refractivity contribution is 5.76. The molecular weight excluding hydrogens is 200 g/mol. The van der Waals surface area contributed by atoms with E-state index in [1.165, 1.54) is 12.8 Å². The van der Waals surface area contributed by atoms with Gasteiger partial charge in [-0.15, -0.1) is 0 Å². The number of hydrogen-bond acceptors (Lipinski definition) is 2. The zero-order valence-electron chi connectivity index (χ0n) is 11.4. The highest BCUT2D eigenvalue weighted by Gasteiger charge is 2.09. The van der Waals surface area contributed by atoms with Crippen LogP contribution in [0.25, 0.3) is 0 Å². The molecule has 0 bridgehead atoms. The van der Waals surface area contributed by atoms with Crippen LogP contribution in [0.15, 0.2) is 0 Å². The number of amides is 1. The summed E-state index contributed by atoms with van der Waals surface area (Å²) in [6.07, 6.45) is 3.06. The quantitative estimate of drug-likeness (QED) is 0.614. The van der Waals surface area contributed by atoms with Crippen molar-refractivity contribution in [2.75, 3.05) is 26.2 Å². The molecule has 0 aliphatic carbocycles. The lowest BCUT2D eigenvalue weighted by Crippen LogP contribution is -2.33. The zero-order chi connectivity index (χ0) is 12.4. The van der Waals surface area contributed by atoms with Crippen LogP contribution in [0.5, 0.6) is 0 Å². The van der Waals surface area contributed by atoms with Crippen LogP contribution in [0.1, 0.15) is 47.0 Å². The molecule has 0 saturated carbocycles. The van der Waals surface area contributed by atoms with Crippen LogP contribution in [0.3, 0.4) is 0 Å². The van der Waals surface area contributed by atoms with E-state index in [4.69, 9.17) is 0 Å². The smallest absolute Gasteiger partial charge is 0.223 e. The summed E-state index contributed by atoms with van der Waals surface area (Å²) in [5.41, 5.74) is 0. The second-order valence-electron chi connectivity index (χ2n) is 4.20. The van der Waals surface area contributed by atoms with E-state index in [2.05, 4.69) is 19.2 Å². The third kappa shape index (κ3) is 6.11. The van der Waals surface area contributed by atoms with Gasteiger partial charge < -0.3 is 10.2 Å². The molecule has 0 aromatic rings. The lowest BCUT2D eigenvalue weighted by Gasteiger charge is -2.19. The molecule has 3 heteroatoms. The van der Waals surface area contributed by atoms with Crippen molar-refractivity contribution in [3.8, 4) is 0 Å². The van der Waals surface area contributed by atoms with Gasteiger partial charge in [0.2, 0.25) is 5.91 Å². The third-order valence-corrected chi connectivity index (χ3v) is 3.22. The van der Waals surface area contributed by atoms with Gasteiger partial charge in [0.15, 0.2) is 0 Å². The molecule has 0 saturated heterocycles. The summed E-state index contributed by atoms with van der Waals surface area (Å²) in [6.45, 7) is 12.0. The first-order chi connectivity index (χ1) is 7.69. The standard InChI is InChI=1S/C13H28N2O/c1-5-12(6-2)11-14-10-9-13(16)15(7-3)8-4/h12,14H,5-11H2,1-4H3. The van der Waals surface area contributed by atoms with Gasteiger partial charge in [0.05, 0.1) is 0 Å². The van der Waals surface area contributed by atoms with Crippen LogP contribution in [0.4, 0.5) is 0 Å². The number of nitrogens with one attached hydrogen (secondary N) is 1. The third-order valence-electron chi connectivity index (χ3n) is 3.22. The molecule has 1 amide bonds. The molecule has 0 spiro atoms. The Kier molecular flexibility index (Phi) is 9.30. The fraction of sp³-hybridized carbons (Fsp3) is 0.923. The average Bonchev–Trinajstić information content (AvgIpc) is 2.31. The van der Waals surface area contributed by atoms with Crippen LogP contribution in [-0.4, -0.2) is 37.0 Å². The Morgan fingerprint density at radius 3 is 2.12 bits per heavy atom. The molecule has 0 fully saturated rings. The maximum atomic E-state index is 11.7. The van der Waals surface area contributed by atoms with Crippen LogP contribution in [-0.2, 0) is 4.79 Å². The van der Waals surface area contributed by atoms with Crippen molar-refractivity contribution in [2.24, 2.45) is 5.92 Å². The van der Waals surface area contributed by atoms with Crippen molar-refractivity contribution in [1.82, 2.24) is 10.2 Å². The van der Waals surface area contributed by atoms with Crippen LogP contribution >= 0.6 is 0 Å². The zero-order valence-corrected chi connectivity index (χ0v) is 11.4. The van der Waals surface area contributed by atoms with Crippen LogP contribution < -0.4 is 5.32 Å². The summed E-state index contributed by atoms with van der Waals surface area (Å²) in [5.74, 6) is 1.02. The van der Waals surface area contributed by atoms with Gasteiger partial charge in [0.1, 0.15) is 0 Å². The molecule has 0 aliphatic heterocycles. The minimum Gasteiger partial charge on any atom is -0.343 e. The number of hydrogen-bond donors (Lipinski definition) is 1. The second-order valence-corrected chi connectivity index (χ2v) is 4.20. The molecule has 0 aliphatic rings. The van der Waals surface area contributed by atoms with Crippen molar-refractivity contribution in [1.29, 1.82) is 0 Å². The molecule has 0 unspecified atom stereocenters. The van der Waals surface area contributed by atoms with Gasteiger partial charge in [0.25, 0.3) is 0 Å². The van der Waals surface area contributed by atoms with E-state index in [-0.39, 0.29) is 5.91 Å². The van der Waals surface area contributed by atoms with Crippen molar-refractivity contribution in [3.05, 3.63) is 0 Å². The molecule has 0 aromatic heterocycles. The lowest BCUT2D eigenvalue weighted by atomic mass is 10.0. The molecule has 1 N–H and O–H groups in total. The van der Waals surface area contributed by atoms with Gasteiger partial charge in [0, 0.05) is 26.1 Å². The maximum Gasteiger partial charge on any atom is 0.223 e. The van der Waals surface area contributed by atoms with Crippen molar-refractivity contribution >= 4 is 5.91 Å². The molecule has 0 atom stereocenters. The average molecular weight is 228 g/mol. The lowest BCUT2D eigenvalue weighted by molar-refractivity contribution is -0.130. The van der Waals surface area contributed by atoms with Crippen molar-refractivity contribution in [3.63, 3.8) is 0 Å². The van der Waals surface area contributed by atoms with E-state index in [0.29, 0.717) is 6.42 Å². The minimum absolute atomic E-state index is 0.266. The summed E-state index contributed by atoms with van der Waals surface area (Å²) >= 11 is 0. The predicted molar refractivity (Wildman–Crippen MR) is 69.5 cm³/mol. The Hall–Kier alpha value is -0.570. The molecule has 0 radical (unpaired) electrons. The Bertz CT molecular complexity index is 175. The molecule has 0 aromatic carbocycles. The largest absolute Gasteiger partial charge is 0.343 e. The molecule has 3 nitrogen and oxygen atoms in total. The van der Waals surface area contributed by atoms with E-state index in [9.17, 15) is 4.79 Å². The molecular formula is C13H28N2O. The first-order valence-electron chi connectivity index (χ1n) is 6.67. The van der Waals surface area contributed by atoms with Crippen molar-refractivity contribution < 1.29 is 4.79 Å². The number of carbonyl (C=O) groups is 1. The minimum atomic E-state index is 0.266. The SMILES string of the molecule is CCC(CC)CNCCC(=O)N(CC)CC. The van der Waals surface area contributed by atoms with E-state index < -0.39 is 0 Å². The van der Waals surface area contributed by atoms with Crippen LogP contribution in [0, 0.1) is 5.92 Å². The van der Waals surface area contributed by atoms with Gasteiger partial charge >= 0.3 is 0 Å². The Morgan fingerprint density at radius 2 is 1.69 bits per heavy atom. The molecule has 96 valence electrons. The van der Waals surface area contributed by atoms with E-state index in [0.717, 1.165) is 32.1 Å². The molecule has 0 rings (SSSR count). The van der Waals surface area contributed by atoms with E-state index in [1.54, 1.807) is 0 Å². The summed E-state index contributed by atoms with van der Waals surface area (Å²) in [6, 6.07) is 0. The Balaban J connectivity index is 3.61. The molecule has 0 heterocycles. The maximum absolute atomic E-state index is 11.7. The highest BCUT2D eigenvalue weighted by Crippen LogP contribution is 2.04. The number of carbonyl (C=O) groups excluding carboxylic acids is 1. The van der Waals surface area contributed by atoms with E-state index in [1.807, 2.05) is 18.7 Å². The second kappa shape index (κ2) is 9.64. The van der Waals surface area contributed by atoms with Gasteiger partial charge in [-0.2, -0.15) is 0 Å². The van der Waals surface area contributed by atoms with Crippen LogP contribution in [0.2, 0.25) is 0 Å². The Labute approximate surface area is 101 Å². The summed E-state index contributed by atoms with van der Waals surface area (Å²) in [5, 5.41) is 3.37. The van der Waals surface area contributed by atoms with Gasteiger partial charge in [-0.25, -0.2) is 0 Å². The Morgan fingerprint density at radius 1 is 1.12 bits per heavy atom. The fourth-order valence-corrected chi connectivity index (χ4v) is 1.81. The number of nitrogens with zero attached hydrogens (tertiary/aromatic N) is 1. The first kappa shape index (κ1) is 15.4. The number of rotatable bonds is 9. The van der Waals surface area contributed by atoms with Gasteiger partial charge in [-0.3, -0.25) is 4.79 Å². The molecule has 16 heavy (non-hydrogen) atoms. The highest BCUT2D eigenvalue weighted by atomic mass is 16.2. The van der Waals surface area contributed by atoms with Gasteiger partial charge in [-0.05, 0) is 26.3 Å².